The number of aliphatic hydroxyl groups is 4. The van der Waals surface area contributed by atoms with Crippen molar-refractivity contribution in [1.82, 2.24) is 40.1 Å². The molecule has 0 radical (unpaired) electrons. The zero-order valence-corrected chi connectivity index (χ0v) is 38.5. The second kappa shape index (κ2) is 21.2. The number of alkyl halides is 6. The van der Waals surface area contributed by atoms with E-state index in [0.29, 0.717) is 62.0 Å². The van der Waals surface area contributed by atoms with Crippen molar-refractivity contribution in [1.29, 1.82) is 0 Å². The monoisotopic (exact) mass is 1030 g/mol. The summed E-state index contributed by atoms with van der Waals surface area (Å²) in [7, 11) is 0. The molecule has 4 aromatic heterocycles. The highest BCUT2D eigenvalue weighted by atomic mass is 19.4. The van der Waals surface area contributed by atoms with Crippen molar-refractivity contribution in [3.8, 4) is 34.7 Å². The highest BCUT2D eigenvalue weighted by Crippen LogP contribution is 2.42. The van der Waals surface area contributed by atoms with E-state index in [1.165, 1.54) is 71.1 Å². The van der Waals surface area contributed by atoms with Crippen LogP contribution in [0.4, 0.5) is 70.3 Å². The molecule has 4 bridgehead atoms. The standard InChI is InChI=1S/2C23H22F3N7O4/c24-23(25,26)14-3-1-2-13(6-14)19-27-9-18-20(31-19)33(16-4-5-32(18)10-16)22(36)30-15-7-28-21(29-8-15)37-12-17(35)11-34;24-23(25,26)14-3-1-2-13(6-14)20-27-9-18-21(30-20)33(16-4-5-32(18)10-16)22(36)29-15-7-19(31-28-8-15)37-12-17(35)11-34/h1-3,6-9,16-17,34-35H,4-5,10-12H2,(H,30,36);1-3,6-9,16-17,34-35H,4-5,10-12H2,(H,29,31,36)/t2*16-,17-/m00/s1. The number of hydrogen-bond acceptors (Lipinski definition) is 18. The second-order valence-corrected chi connectivity index (χ2v) is 17.2. The highest BCUT2D eigenvalue weighted by Gasteiger charge is 2.43. The topological polar surface area (TPSA) is 274 Å². The molecule has 4 amide bonds. The molecule has 2 aromatic carbocycles. The lowest BCUT2D eigenvalue weighted by Crippen LogP contribution is -2.48. The Morgan fingerprint density at radius 1 is 0.649 bits per heavy atom. The van der Waals surface area contributed by atoms with E-state index in [4.69, 9.17) is 19.7 Å². The number of rotatable bonds is 12. The number of aromatic nitrogens is 8. The van der Waals surface area contributed by atoms with Crippen LogP contribution < -0.4 is 39.7 Å². The Labute approximate surface area is 415 Å². The zero-order chi connectivity index (χ0) is 52.3. The number of amides is 4. The summed E-state index contributed by atoms with van der Waals surface area (Å²) in [4.78, 5) is 59.3. The van der Waals surface area contributed by atoms with Gasteiger partial charge in [-0.2, -0.15) is 31.4 Å². The lowest BCUT2D eigenvalue weighted by molar-refractivity contribution is -0.138. The Balaban J connectivity index is 0.000000182. The number of ether oxygens (including phenoxy) is 2. The number of anilines is 6. The average molecular weight is 1030 g/mol. The summed E-state index contributed by atoms with van der Waals surface area (Å²) in [5.74, 6) is 0.755. The van der Waals surface area contributed by atoms with Gasteiger partial charge in [0.15, 0.2) is 23.3 Å². The molecule has 0 spiro atoms. The van der Waals surface area contributed by atoms with Crippen LogP contribution in [-0.4, -0.2) is 149 Å². The van der Waals surface area contributed by atoms with Crippen molar-refractivity contribution in [3.63, 3.8) is 0 Å². The first-order chi connectivity index (χ1) is 35.4. The van der Waals surface area contributed by atoms with Crippen molar-refractivity contribution in [2.24, 2.45) is 0 Å². The third-order valence-electron chi connectivity index (χ3n) is 12.0. The third kappa shape index (κ3) is 11.3. The number of nitrogens with one attached hydrogen (secondary N) is 2. The van der Waals surface area contributed by atoms with Gasteiger partial charge in [0.05, 0.1) is 90.2 Å². The molecule has 2 saturated heterocycles. The van der Waals surface area contributed by atoms with Gasteiger partial charge in [-0.15, -0.1) is 5.10 Å². The fourth-order valence-corrected chi connectivity index (χ4v) is 8.46. The fraction of sp³-hybridized carbons (Fsp3) is 0.348. The van der Waals surface area contributed by atoms with Gasteiger partial charge in [0.25, 0.3) is 0 Å². The molecule has 6 N–H and O–H groups in total. The van der Waals surface area contributed by atoms with Crippen molar-refractivity contribution in [2.75, 3.05) is 82.8 Å². The van der Waals surface area contributed by atoms with Crippen molar-refractivity contribution in [3.05, 3.63) is 96.7 Å². The van der Waals surface area contributed by atoms with Crippen molar-refractivity contribution < 1.29 is 65.8 Å². The molecular weight excluding hydrogens is 991 g/mol. The second-order valence-electron chi connectivity index (χ2n) is 17.2. The summed E-state index contributed by atoms with van der Waals surface area (Å²) >= 11 is 0. The lowest BCUT2D eigenvalue weighted by Gasteiger charge is -2.35. The highest BCUT2D eigenvalue weighted by molar-refractivity contribution is 6.05. The van der Waals surface area contributed by atoms with Gasteiger partial charge in [-0.05, 0) is 37.1 Å². The van der Waals surface area contributed by atoms with E-state index < -0.39 is 61.0 Å². The summed E-state index contributed by atoms with van der Waals surface area (Å²) in [6, 6.07) is 9.38. The van der Waals surface area contributed by atoms with Crippen LogP contribution in [0.2, 0.25) is 0 Å². The third-order valence-corrected chi connectivity index (χ3v) is 12.0. The lowest BCUT2D eigenvalue weighted by atomic mass is 10.1. The molecule has 28 heteroatoms. The molecule has 6 aromatic rings. The van der Waals surface area contributed by atoms with Gasteiger partial charge in [0, 0.05) is 43.4 Å². The number of fused-ring (bicyclic) bond motifs is 8. The van der Waals surface area contributed by atoms with E-state index in [1.54, 1.807) is 0 Å². The predicted octanol–water partition coefficient (Wildman–Crippen LogP) is 4.63. The van der Waals surface area contributed by atoms with Crippen LogP contribution in [0.1, 0.15) is 24.0 Å². The van der Waals surface area contributed by atoms with Crippen LogP contribution in [0.3, 0.4) is 0 Å². The van der Waals surface area contributed by atoms with Crippen LogP contribution in [0.15, 0.2) is 85.6 Å². The molecule has 8 heterocycles. The molecule has 0 unspecified atom stereocenters. The fourth-order valence-electron chi connectivity index (χ4n) is 8.46. The molecule has 4 aliphatic heterocycles. The van der Waals surface area contributed by atoms with Gasteiger partial charge >= 0.3 is 30.4 Å². The number of urea groups is 2. The Morgan fingerprint density at radius 3 is 1.62 bits per heavy atom. The number of aliphatic hydroxyl groups excluding tert-OH is 4. The van der Waals surface area contributed by atoms with E-state index in [9.17, 15) is 46.1 Å². The van der Waals surface area contributed by atoms with E-state index in [-0.39, 0.29) is 71.3 Å². The van der Waals surface area contributed by atoms with Gasteiger partial charge in [-0.1, -0.05) is 24.3 Å². The number of hydrogen-bond donors (Lipinski definition) is 6. The van der Waals surface area contributed by atoms with Gasteiger partial charge < -0.3 is 50.3 Å². The van der Waals surface area contributed by atoms with Crippen LogP contribution in [0, 0.1) is 0 Å². The van der Waals surface area contributed by atoms with Crippen LogP contribution in [0.25, 0.3) is 22.8 Å². The van der Waals surface area contributed by atoms with Gasteiger partial charge in [0.2, 0.25) is 5.88 Å². The molecule has 22 nitrogen and oxygen atoms in total. The Bertz CT molecular complexity index is 3000. The van der Waals surface area contributed by atoms with Crippen molar-refractivity contribution in [2.45, 2.75) is 49.5 Å². The first-order valence-corrected chi connectivity index (χ1v) is 22.7. The summed E-state index contributed by atoms with van der Waals surface area (Å²) < 4.78 is 89.8. The minimum atomic E-state index is -4.52. The predicted molar refractivity (Wildman–Crippen MR) is 250 cm³/mol. The van der Waals surface area contributed by atoms with E-state index in [1.807, 2.05) is 9.80 Å². The number of carbonyl (C=O) groups excluding carboxylic acids is 2. The maximum atomic E-state index is 13.4. The maximum absolute atomic E-state index is 13.4. The maximum Gasteiger partial charge on any atom is 0.416 e. The molecular formula is C46H44F6N14O8. The van der Waals surface area contributed by atoms with E-state index in [2.05, 4.69) is 50.7 Å². The molecule has 0 saturated carbocycles. The molecule has 10 rings (SSSR count). The summed E-state index contributed by atoms with van der Waals surface area (Å²) in [5, 5.41) is 49.6. The van der Waals surface area contributed by atoms with Crippen molar-refractivity contribution >= 4 is 46.4 Å². The Kier molecular flexibility index (Phi) is 14.5. The summed E-state index contributed by atoms with van der Waals surface area (Å²) in [6.45, 7) is 1.13. The molecule has 388 valence electrons. The molecule has 74 heavy (non-hydrogen) atoms. The number of benzene rings is 2. The summed E-state index contributed by atoms with van der Waals surface area (Å²) in [5.41, 5.74) is 0.480. The van der Waals surface area contributed by atoms with Gasteiger partial charge in [-0.25, -0.2) is 39.5 Å². The molecule has 0 aliphatic carbocycles. The van der Waals surface area contributed by atoms with E-state index >= 15 is 0 Å². The smallest absolute Gasteiger partial charge is 0.416 e. The van der Waals surface area contributed by atoms with Gasteiger partial charge in [0.1, 0.15) is 25.4 Å². The zero-order valence-electron chi connectivity index (χ0n) is 38.5. The normalized spacial score (nSPS) is 17.4. The Morgan fingerprint density at radius 2 is 1.14 bits per heavy atom. The number of carbonyl (C=O) groups is 2. The summed E-state index contributed by atoms with van der Waals surface area (Å²) in [6.07, 6.45) is -2.84. The molecule has 4 atom stereocenters. The largest absolute Gasteiger partial charge is 0.474 e. The van der Waals surface area contributed by atoms with Gasteiger partial charge in [-0.3, -0.25) is 9.80 Å². The van der Waals surface area contributed by atoms with E-state index in [0.717, 1.165) is 24.3 Å². The molecule has 2 fully saturated rings. The SMILES string of the molecule is O=C(Nc1cnc(OC[C@@H](O)CO)nc1)N1c2nc(-c3cccc(C(F)(F)F)c3)ncc2N2CC[C@H]1C2.O=C(Nc1cnnc(OC[C@@H](O)CO)c1)N1c2nc(-c3cccc(C(F)(F)F)c3)ncc2N2CC[C@H]1C2. The number of halogens is 6. The molecule has 4 aliphatic rings. The van der Waals surface area contributed by atoms with Crippen LogP contribution >= 0.6 is 0 Å². The van der Waals surface area contributed by atoms with Crippen LogP contribution in [0.5, 0.6) is 11.9 Å². The Hall–Kier alpha value is -8.08. The minimum absolute atomic E-state index is 0.0329. The average Bonchev–Trinajstić information content (AvgIpc) is 4.02. The first-order valence-electron chi connectivity index (χ1n) is 22.7. The quantitative estimate of drug-likeness (QED) is 0.0912. The number of nitrogens with zero attached hydrogens (tertiary/aromatic N) is 12. The minimum Gasteiger partial charge on any atom is -0.474 e. The van der Waals surface area contributed by atoms with Crippen LogP contribution in [-0.2, 0) is 12.4 Å². The first kappa shape index (κ1) is 50.8.